The van der Waals surface area contributed by atoms with Crippen molar-refractivity contribution in [1.29, 1.82) is 0 Å². The molecule has 0 aliphatic carbocycles. The van der Waals surface area contributed by atoms with Gasteiger partial charge in [0.05, 0.1) is 19.8 Å². The standard InChI is InChI=1S/C27H28O7/c1-8-27(4,5)34-26-21(30-6)9-15(10-22(26)31-7)17-13-32-20-12-19-16(11-18(33-19)14(2)3)24(28)23(20)25(17)29/h8-10,12-13,18,28H,1-2,11H2,3-7H3. The number of aromatic hydroxyl groups is 1. The van der Waals surface area contributed by atoms with Crippen molar-refractivity contribution in [1.82, 2.24) is 0 Å². The number of methoxy groups -OCH3 is 2. The molecule has 3 aromatic rings. The Morgan fingerprint density at radius 3 is 2.41 bits per heavy atom. The average Bonchev–Trinajstić information content (AvgIpc) is 3.24. The summed E-state index contributed by atoms with van der Waals surface area (Å²) < 4.78 is 28.8. The monoisotopic (exact) mass is 464 g/mol. The van der Waals surface area contributed by atoms with Gasteiger partial charge < -0.3 is 28.5 Å². The van der Waals surface area contributed by atoms with Crippen LogP contribution in [0.15, 0.2) is 58.5 Å². The first kappa shape index (κ1) is 23.3. The van der Waals surface area contributed by atoms with E-state index in [2.05, 4.69) is 13.2 Å². The molecule has 2 aromatic carbocycles. The molecule has 1 unspecified atom stereocenters. The van der Waals surface area contributed by atoms with Crippen LogP contribution in [0.4, 0.5) is 0 Å². The first-order chi connectivity index (χ1) is 16.1. The number of fused-ring (bicyclic) bond motifs is 2. The molecule has 1 aromatic heterocycles. The molecule has 0 spiro atoms. The summed E-state index contributed by atoms with van der Waals surface area (Å²) in [6, 6.07) is 4.97. The Balaban J connectivity index is 1.88. The summed E-state index contributed by atoms with van der Waals surface area (Å²) in [5, 5.41) is 11.1. The highest BCUT2D eigenvalue weighted by atomic mass is 16.5. The van der Waals surface area contributed by atoms with E-state index in [0.29, 0.717) is 40.5 Å². The van der Waals surface area contributed by atoms with Crippen molar-refractivity contribution in [2.45, 2.75) is 38.9 Å². The van der Waals surface area contributed by atoms with Gasteiger partial charge in [0.1, 0.15) is 40.4 Å². The van der Waals surface area contributed by atoms with Crippen molar-refractivity contribution in [3.05, 3.63) is 65.1 Å². The predicted molar refractivity (Wildman–Crippen MR) is 131 cm³/mol. The molecule has 0 radical (unpaired) electrons. The summed E-state index contributed by atoms with van der Waals surface area (Å²) in [5.41, 5.74) is 1.30. The lowest BCUT2D eigenvalue weighted by atomic mass is 10.00. The zero-order valence-corrected chi connectivity index (χ0v) is 20.0. The average molecular weight is 465 g/mol. The van der Waals surface area contributed by atoms with Crippen LogP contribution in [-0.2, 0) is 6.42 Å². The van der Waals surface area contributed by atoms with E-state index in [0.717, 1.165) is 5.57 Å². The Labute approximate surface area is 197 Å². The van der Waals surface area contributed by atoms with Crippen LogP contribution in [0.2, 0.25) is 0 Å². The SMILES string of the molecule is C=CC(C)(C)Oc1c(OC)cc(-c2coc3cc4c(c(O)c3c2=O)CC(C(=C)C)O4)cc1OC. The maximum atomic E-state index is 13.5. The molecule has 0 bridgehead atoms. The van der Waals surface area contributed by atoms with E-state index in [-0.39, 0.29) is 33.8 Å². The van der Waals surface area contributed by atoms with Crippen LogP contribution in [0, 0.1) is 0 Å². The molecule has 178 valence electrons. The van der Waals surface area contributed by atoms with Crippen LogP contribution in [0.1, 0.15) is 26.3 Å². The summed E-state index contributed by atoms with van der Waals surface area (Å²) in [5.74, 6) is 1.48. The van der Waals surface area contributed by atoms with Gasteiger partial charge in [-0.15, -0.1) is 0 Å². The number of phenols is 1. The van der Waals surface area contributed by atoms with Gasteiger partial charge in [0.15, 0.2) is 11.5 Å². The zero-order valence-electron chi connectivity index (χ0n) is 20.0. The zero-order chi connectivity index (χ0) is 24.8. The summed E-state index contributed by atoms with van der Waals surface area (Å²) in [6.45, 7) is 13.3. The van der Waals surface area contributed by atoms with E-state index in [9.17, 15) is 9.90 Å². The topological polar surface area (TPSA) is 87.4 Å². The number of hydrogen-bond donors (Lipinski definition) is 1. The molecule has 0 saturated carbocycles. The Morgan fingerprint density at radius 2 is 1.85 bits per heavy atom. The third kappa shape index (κ3) is 3.87. The summed E-state index contributed by atoms with van der Waals surface area (Å²) in [6.07, 6.45) is 3.20. The molecular weight excluding hydrogens is 436 g/mol. The second-order valence-electron chi connectivity index (χ2n) is 8.83. The van der Waals surface area contributed by atoms with Crippen molar-refractivity contribution < 1.29 is 28.5 Å². The third-order valence-corrected chi connectivity index (χ3v) is 5.94. The van der Waals surface area contributed by atoms with Gasteiger partial charge in [-0.25, -0.2) is 0 Å². The van der Waals surface area contributed by atoms with E-state index >= 15 is 0 Å². The van der Waals surface area contributed by atoms with Crippen molar-refractivity contribution in [2.24, 2.45) is 0 Å². The Hall–Kier alpha value is -3.87. The predicted octanol–water partition coefficient (Wildman–Crippen LogP) is 5.41. The maximum Gasteiger partial charge on any atom is 0.204 e. The lowest BCUT2D eigenvalue weighted by Crippen LogP contribution is -2.25. The smallest absolute Gasteiger partial charge is 0.204 e. The fourth-order valence-electron chi connectivity index (χ4n) is 3.88. The van der Waals surface area contributed by atoms with Crippen LogP contribution in [0.25, 0.3) is 22.1 Å². The number of phenolic OH excluding ortho intramolecular Hbond substituents is 1. The van der Waals surface area contributed by atoms with E-state index < -0.39 is 5.60 Å². The first-order valence-corrected chi connectivity index (χ1v) is 10.8. The quantitative estimate of drug-likeness (QED) is 0.468. The van der Waals surface area contributed by atoms with Crippen molar-refractivity contribution >= 4 is 11.0 Å². The second-order valence-corrected chi connectivity index (χ2v) is 8.83. The molecule has 7 heteroatoms. The molecule has 4 rings (SSSR count). The lowest BCUT2D eigenvalue weighted by molar-refractivity contribution is 0.149. The minimum atomic E-state index is -0.681. The number of rotatable bonds is 7. The highest BCUT2D eigenvalue weighted by molar-refractivity contribution is 5.90. The van der Waals surface area contributed by atoms with Gasteiger partial charge in [-0.05, 0) is 50.1 Å². The molecule has 1 aliphatic heterocycles. The third-order valence-electron chi connectivity index (χ3n) is 5.94. The molecule has 7 nitrogen and oxygen atoms in total. The highest BCUT2D eigenvalue weighted by Crippen LogP contribution is 2.44. The minimum absolute atomic E-state index is 0.0910. The summed E-state index contributed by atoms with van der Waals surface area (Å²) in [7, 11) is 3.00. The largest absolute Gasteiger partial charge is 0.507 e. The fourth-order valence-corrected chi connectivity index (χ4v) is 3.88. The number of ether oxygens (including phenoxy) is 4. The Bertz CT molecular complexity index is 1340. The summed E-state index contributed by atoms with van der Waals surface area (Å²) >= 11 is 0. The maximum absolute atomic E-state index is 13.5. The molecular formula is C27H28O7. The highest BCUT2D eigenvalue weighted by Gasteiger charge is 2.30. The molecule has 1 N–H and O–H groups in total. The van der Waals surface area contributed by atoms with Crippen LogP contribution >= 0.6 is 0 Å². The number of hydrogen-bond acceptors (Lipinski definition) is 7. The van der Waals surface area contributed by atoms with Gasteiger partial charge in [0, 0.05) is 18.1 Å². The fraction of sp³-hybridized carbons (Fsp3) is 0.296. The molecule has 1 aliphatic rings. The molecule has 34 heavy (non-hydrogen) atoms. The van der Waals surface area contributed by atoms with Crippen molar-refractivity contribution in [3.63, 3.8) is 0 Å². The van der Waals surface area contributed by atoms with Crippen LogP contribution in [-0.4, -0.2) is 31.0 Å². The van der Waals surface area contributed by atoms with E-state index in [1.54, 1.807) is 24.3 Å². The van der Waals surface area contributed by atoms with Gasteiger partial charge in [-0.1, -0.05) is 13.2 Å². The van der Waals surface area contributed by atoms with E-state index in [4.69, 9.17) is 23.4 Å². The van der Waals surface area contributed by atoms with Crippen LogP contribution in [0.3, 0.4) is 0 Å². The van der Waals surface area contributed by atoms with Crippen LogP contribution < -0.4 is 24.4 Å². The van der Waals surface area contributed by atoms with Crippen molar-refractivity contribution in [2.75, 3.05) is 14.2 Å². The van der Waals surface area contributed by atoms with Crippen LogP contribution in [0.5, 0.6) is 28.7 Å². The molecule has 2 heterocycles. The molecule has 0 fully saturated rings. The Morgan fingerprint density at radius 1 is 1.21 bits per heavy atom. The van der Waals surface area contributed by atoms with Gasteiger partial charge in [0.25, 0.3) is 0 Å². The van der Waals surface area contributed by atoms with E-state index in [1.165, 1.54) is 20.5 Å². The van der Waals surface area contributed by atoms with Gasteiger partial charge in [-0.2, -0.15) is 0 Å². The van der Waals surface area contributed by atoms with Gasteiger partial charge in [0.2, 0.25) is 11.2 Å². The molecule has 0 saturated heterocycles. The lowest BCUT2D eigenvalue weighted by Gasteiger charge is -2.25. The van der Waals surface area contributed by atoms with Gasteiger partial charge >= 0.3 is 0 Å². The second kappa shape index (κ2) is 8.48. The van der Waals surface area contributed by atoms with Gasteiger partial charge in [-0.3, -0.25) is 4.79 Å². The molecule has 0 amide bonds. The summed E-state index contributed by atoms with van der Waals surface area (Å²) in [4.78, 5) is 13.5. The van der Waals surface area contributed by atoms with E-state index in [1.807, 2.05) is 20.8 Å². The first-order valence-electron chi connectivity index (χ1n) is 10.8. The Kier molecular flexibility index (Phi) is 5.81. The van der Waals surface area contributed by atoms with Crippen molar-refractivity contribution in [3.8, 4) is 39.9 Å². The number of benzene rings is 2. The normalized spacial score (nSPS) is 14.9. The minimum Gasteiger partial charge on any atom is -0.507 e. The molecule has 1 atom stereocenters.